The molecule has 4 heteroatoms. The molecule has 1 heterocycles. The van der Waals surface area contributed by atoms with Crippen LogP contribution >= 0.6 is 0 Å². The van der Waals surface area contributed by atoms with Crippen molar-refractivity contribution in [3.63, 3.8) is 0 Å². The number of carbonyl (C=O) groups is 1. The van der Waals surface area contributed by atoms with Gasteiger partial charge in [0.1, 0.15) is 5.69 Å². The maximum atomic E-state index is 11.1. The van der Waals surface area contributed by atoms with Crippen molar-refractivity contribution in [2.24, 2.45) is 14.1 Å². The Morgan fingerprint density at radius 3 is 2.18 bits per heavy atom. The molecule has 1 rings (SSSR count). The van der Waals surface area contributed by atoms with Gasteiger partial charge in [-0.3, -0.25) is 9.36 Å². The maximum absolute atomic E-state index is 11.1. The molecule has 0 aliphatic rings. The SMILES string of the molecule is CC(=O)c1cn(C)c(=O)n1C. The van der Waals surface area contributed by atoms with Crippen molar-refractivity contribution < 1.29 is 4.79 Å². The quantitative estimate of drug-likeness (QED) is 0.531. The lowest BCUT2D eigenvalue weighted by Gasteiger charge is -1.91. The van der Waals surface area contributed by atoms with E-state index in [1.165, 1.54) is 22.3 Å². The lowest BCUT2D eigenvalue weighted by Crippen LogP contribution is -2.20. The van der Waals surface area contributed by atoms with E-state index in [1.807, 2.05) is 0 Å². The number of hydrogen-bond acceptors (Lipinski definition) is 2. The third kappa shape index (κ3) is 1.11. The number of hydrogen-bond donors (Lipinski definition) is 0. The molecule has 0 saturated carbocycles. The van der Waals surface area contributed by atoms with Crippen LogP contribution in [0.4, 0.5) is 0 Å². The van der Waals surface area contributed by atoms with Crippen LogP contribution in [0.3, 0.4) is 0 Å². The van der Waals surface area contributed by atoms with Gasteiger partial charge < -0.3 is 4.57 Å². The first-order valence-corrected chi connectivity index (χ1v) is 3.27. The summed E-state index contributed by atoms with van der Waals surface area (Å²) in [5, 5.41) is 0. The van der Waals surface area contributed by atoms with E-state index in [1.54, 1.807) is 14.1 Å². The highest BCUT2D eigenvalue weighted by Crippen LogP contribution is 1.94. The lowest BCUT2D eigenvalue weighted by atomic mass is 10.3. The molecular formula is C7H10N2O2. The zero-order chi connectivity index (χ0) is 8.59. The van der Waals surface area contributed by atoms with Gasteiger partial charge in [0, 0.05) is 27.2 Å². The summed E-state index contributed by atoms with van der Waals surface area (Å²) in [5.41, 5.74) is 0.271. The van der Waals surface area contributed by atoms with E-state index < -0.39 is 0 Å². The van der Waals surface area contributed by atoms with Gasteiger partial charge in [-0.25, -0.2) is 4.79 Å². The van der Waals surface area contributed by atoms with Crippen LogP contribution in [-0.4, -0.2) is 14.9 Å². The van der Waals surface area contributed by atoms with Crippen LogP contribution in [-0.2, 0) is 14.1 Å². The standard InChI is InChI=1S/C7H10N2O2/c1-5(10)6-4-8(2)7(11)9(6)3/h4H,1-3H3. The molecule has 0 N–H and O–H groups in total. The molecule has 11 heavy (non-hydrogen) atoms. The highest BCUT2D eigenvalue weighted by Gasteiger charge is 2.07. The molecule has 0 spiro atoms. The first kappa shape index (κ1) is 7.78. The molecule has 1 aromatic heterocycles. The molecule has 0 radical (unpaired) electrons. The second kappa shape index (κ2) is 2.38. The predicted octanol–water partition coefficient (Wildman–Crippen LogP) is -0.0736. The van der Waals surface area contributed by atoms with E-state index in [0.717, 1.165) is 0 Å². The Morgan fingerprint density at radius 1 is 1.45 bits per heavy atom. The van der Waals surface area contributed by atoms with E-state index in [9.17, 15) is 9.59 Å². The van der Waals surface area contributed by atoms with Gasteiger partial charge in [0.05, 0.1) is 0 Å². The average molecular weight is 154 g/mol. The van der Waals surface area contributed by atoms with Crippen LogP contribution in [0.2, 0.25) is 0 Å². The zero-order valence-electron chi connectivity index (χ0n) is 6.79. The Balaban J connectivity index is 3.42. The second-order valence-electron chi connectivity index (χ2n) is 2.52. The van der Waals surface area contributed by atoms with Crippen molar-refractivity contribution in [1.29, 1.82) is 0 Å². The van der Waals surface area contributed by atoms with Gasteiger partial charge in [0.25, 0.3) is 0 Å². The molecule has 1 aromatic rings. The molecule has 0 aliphatic heterocycles. The molecule has 0 aromatic carbocycles. The van der Waals surface area contributed by atoms with Crippen molar-refractivity contribution >= 4 is 5.78 Å². The van der Waals surface area contributed by atoms with Crippen LogP contribution in [0.1, 0.15) is 17.4 Å². The molecule has 4 nitrogen and oxygen atoms in total. The van der Waals surface area contributed by atoms with E-state index in [-0.39, 0.29) is 11.5 Å². The Labute approximate surface area is 64.1 Å². The molecule has 0 unspecified atom stereocenters. The minimum Gasteiger partial charge on any atom is -0.302 e. The average Bonchev–Trinajstić information content (AvgIpc) is 2.17. The number of imidazole rings is 1. The number of aromatic nitrogens is 2. The zero-order valence-corrected chi connectivity index (χ0v) is 6.79. The van der Waals surface area contributed by atoms with Crippen molar-refractivity contribution in [3.05, 3.63) is 22.4 Å². The van der Waals surface area contributed by atoms with Crippen LogP contribution in [0, 0.1) is 0 Å². The van der Waals surface area contributed by atoms with Gasteiger partial charge in [0.2, 0.25) is 0 Å². The van der Waals surface area contributed by atoms with Crippen LogP contribution in [0.5, 0.6) is 0 Å². The molecular weight excluding hydrogens is 144 g/mol. The van der Waals surface area contributed by atoms with E-state index in [4.69, 9.17) is 0 Å². The fourth-order valence-electron chi connectivity index (χ4n) is 0.992. The van der Waals surface area contributed by atoms with Crippen molar-refractivity contribution in [1.82, 2.24) is 9.13 Å². The topological polar surface area (TPSA) is 44.0 Å². The highest BCUT2D eigenvalue weighted by atomic mass is 16.2. The number of carbonyl (C=O) groups excluding carboxylic acids is 1. The number of Topliss-reactive ketones (excluding diaryl/α,β-unsaturated/α-hetero) is 1. The first-order valence-electron chi connectivity index (χ1n) is 3.27. The predicted molar refractivity (Wildman–Crippen MR) is 40.7 cm³/mol. The minimum atomic E-state index is -0.171. The van der Waals surface area contributed by atoms with E-state index in [2.05, 4.69) is 0 Å². The molecule has 0 amide bonds. The maximum Gasteiger partial charge on any atom is 0.328 e. The Hall–Kier alpha value is -1.32. The van der Waals surface area contributed by atoms with Crippen LogP contribution in [0.25, 0.3) is 0 Å². The highest BCUT2D eigenvalue weighted by molar-refractivity contribution is 5.92. The summed E-state index contributed by atoms with van der Waals surface area (Å²) in [6.45, 7) is 1.44. The van der Waals surface area contributed by atoms with Crippen molar-refractivity contribution in [3.8, 4) is 0 Å². The summed E-state index contributed by atoms with van der Waals surface area (Å²) < 4.78 is 2.72. The van der Waals surface area contributed by atoms with Crippen LogP contribution < -0.4 is 5.69 Å². The Kier molecular flexibility index (Phi) is 1.68. The normalized spacial score (nSPS) is 10.1. The Bertz CT molecular complexity index is 346. The summed E-state index contributed by atoms with van der Waals surface area (Å²) in [4.78, 5) is 21.9. The van der Waals surface area contributed by atoms with Gasteiger partial charge in [-0.1, -0.05) is 0 Å². The summed E-state index contributed by atoms with van der Waals surface area (Å²) in [6.07, 6.45) is 1.53. The molecule has 0 atom stereocenters. The molecule has 60 valence electrons. The Morgan fingerprint density at radius 2 is 2.00 bits per heavy atom. The summed E-state index contributed by atoms with van der Waals surface area (Å²) in [6, 6.07) is 0. The van der Waals surface area contributed by atoms with E-state index in [0.29, 0.717) is 5.69 Å². The van der Waals surface area contributed by atoms with Gasteiger partial charge in [0.15, 0.2) is 5.78 Å². The number of rotatable bonds is 1. The largest absolute Gasteiger partial charge is 0.328 e. The van der Waals surface area contributed by atoms with Gasteiger partial charge >= 0.3 is 5.69 Å². The van der Waals surface area contributed by atoms with Gasteiger partial charge in [-0.15, -0.1) is 0 Å². The van der Waals surface area contributed by atoms with Crippen molar-refractivity contribution in [2.45, 2.75) is 6.92 Å². The fourth-order valence-corrected chi connectivity index (χ4v) is 0.992. The first-order chi connectivity index (χ1) is 5.04. The third-order valence-corrected chi connectivity index (χ3v) is 1.63. The number of ketones is 1. The third-order valence-electron chi connectivity index (χ3n) is 1.63. The number of aryl methyl sites for hydroxylation is 1. The molecule has 0 saturated heterocycles. The van der Waals surface area contributed by atoms with Crippen molar-refractivity contribution in [2.75, 3.05) is 0 Å². The van der Waals surface area contributed by atoms with Gasteiger partial charge in [-0.05, 0) is 0 Å². The lowest BCUT2D eigenvalue weighted by molar-refractivity contribution is 0.101. The minimum absolute atomic E-state index is 0.0924. The number of nitrogens with zero attached hydrogens (tertiary/aromatic N) is 2. The molecule has 0 bridgehead atoms. The smallest absolute Gasteiger partial charge is 0.302 e. The summed E-state index contributed by atoms with van der Waals surface area (Å²) >= 11 is 0. The second-order valence-corrected chi connectivity index (χ2v) is 2.52. The summed E-state index contributed by atoms with van der Waals surface area (Å²) in [7, 11) is 3.20. The fraction of sp³-hybridized carbons (Fsp3) is 0.429. The summed E-state index contributed by atoms with van der Waals surface area (Å²) in [5.74, 6) is -0.0924. The van der Waals surface area contributed by atoms with Crippen LogP contribution in [0.15, 0.2) is 11.0 Å². The van der Waals surface area contributed by atoms with Gasteiger partial charge in [-0.2, -0.15) is 0 Å². The molecule has 0 aliphatic carbocycles. The molecule has 0 fully saturated rings. The monoisotopic (exact) mass is 154 g/mol. The van der Waals surface area contributed by atoms with E-state index >= 15 is 0 Å².